The first kappa shape index (κ1) is 25.7. The van der Waals surface area contributed by atoms with Crippen molar-refractivity contribution in [3.63, 3.8) is 0 Å². The van der Waals surface area contributed by atoms with E-state index in [9.17, 15) is 19.1 Å². The Bertz CT molecular complexity index is 1720. The summed E-state index contributed by atoms with van der Waals surface area (Å²) in [5, 5.41) is 23.9. The van der Waals surface area contributed by atoms with Crippen LogP contribution in [-0.4, -0.2) is 48.5 Å². The van der Waals surface area contributed by atoms with Crippen LogP contribution in [0.25, 0.3) is 16.7 Å². The number of aliphatic hydroxyl groups excluding tert-OH is 1. The maximum absolute atomic E-state index is 15.0. The lowest BCUT2D eigenvalue weighted by molar-refractivity contribution is 0.0990. The Morgan fingerprint density at radius 1 is 1.10 bits per heavy atom. The van der Waals surface area contributed by atoms with E-state index >= 15 is 4.39 Å². The Hall–Kier alpha value is -4.97. The van der Waals surface area contributed by atoms with Gasteiger partial charge in [-0.1, -0.05) is 6.07 Å². The highest BCUT2D eigenvalue weighted by molar-refractivity contribution is 5.97. The third kappa shape index (κ3) is 5.50. The summed E-state index contributed by atoms with van der Waals surface area (Å²) < 4.78 is 35.1. The van der Waals surface area contributed by atoms with Crippen LogP contribution < -0.4 is 15.6 Å². The minimum Gasteiger partial charge on any atom is -0.453 e. The normalized spacial score (nSPS) is 11.9. The van der Waals surface area contributed by atoms with E-state index in [1.807, 2.05) is 0 Å². The van der Waals surface area contributed by atoms with Crippen LogP contribution in [0.5, 0.6) is 11.5 Å². The van der Waals surface area contributed by atoms with Gasteiger partial charge in [-0.2, -0.15) is 14.9 Å². The molecule has 0 saturated carbocycles. The second kappa shape index (κ2) is 10.8. The van der Waals surface area contributed by atoms with Crippen molar-refractivity contribution in [3.05, 3.63) is 100 Å². The summed E-state index contributed by atoms with van der Waals surface area (Å²) in [6.45, 7) is 1.85. The van der Waals surface area contributed by atoms with E-state index in [4.69, 9.17) is 4.74 Å². The van der Waals surface area contributed by atoms with Crippen molar-refractivity contribution in [1.29, 1.82) is 0 Å². The van der Waals surface area contributed by atoms with Crippen LogP contribution in [0, 0.1) is 11.6 Å². The molecule has 39 heavy (non-hydrogen) atoms. The van der Waals surface area contributed by atoms with E-state index < -0.39 is 29.1 Å². The molecule has 3 N–H and O–H groups in total. The number of carbonyl (C=O) groups is 1. The smallest absolute Gasteiger partial charge is 0.282 e. The molecule has 0 aliphatic carbocycles. The molecule has 0 aliphatic heterocycles. The van der Waals surface area contributed by atoms with Gasteiger partial charge in [-0.05, 0) is 55.0 Å². The summed E-state index contributed by atoms with van der Waals surface area (Å²) in [5.74, 6) is -1.15. The number of nitrogens with zero attached hydrogens (tertiary/aromatic N) is 4. The maximum atomic E-state index is 15.0. The number of aromatic nitrogens is 5. The summed E-state index contributed by atoms with van der Waals surface area (Å²) in [7, 11) is 0. The summed E-state index contributed by atoms with van der Waals surface area (Å²) in [6.07, 6.45) is 1.91. The number of hydrogen-bond acceptors (Lipinski definition) is 8. The zero-order valence-electron chi connectivity index (χ0n) is 20.6. The van der Waals surface area contributed by atoms with Gasteiger partial charge in [0, 0.05) is 31.4 Å². The van der Waals surface area contributed by atoms with Crippen molar-refractivity contribution < 1.29 is 23.4 Å². The molecule has 10 nitrogen and oxygen atoms in total. The van der Waals surface area contributed by atoms with Crippen LogP contribution in [0.2, 0.25) is 0 Å². The van der Waals surface area contributed by atoms with E-state index in [0.717, 1.165) is 10.7 Å². The molecular formula is C27H22F2N6O4. The van der Waals surface area contributed by atoms with Gasteiger partial charge in [-0.3, -0.25) is 14.7 Å². The standard InChI is InChI=1S/C27H22F2N6O4/c1-15(36)14-31-26-24-23(9-10-30-25(24)33-34-26)39-22-7-2-16(12-20(22)29)13-21(37)19-8-11-32-35(27(19)38)18-5-3-17(28)4-6-18/h2-12,15,36H,13-14H2,1H3,(H2,30,31,33,34)/t15-/m0/s1. The molecule has 0 fully saturated rings. The van der Waals surface area contributed by atoms with Crippen LogP contribution in [0.4, 0.5) is 14.6 Å². The summed E-state index contributed by atoms with van der Waals surface area (Å²) in [4.78, 5) is 30.0. The summed E-state index contributed by atoms with van der Waals surface area (Å²) >= 11 is 0. The number of ketones is 1. The number of fused-ring (bicyclic) bond motifs is 1. The molecule has 0 bridgehead atoms. The number of carbonyl (C=O) groups excluding carboxylic acids is 1. The number of halogens is 2. The summed E-state index contributed by atoms with van der Waals surface area (Å²) in [6, 6.07) is 12.0. The lowest BCUT2D eigenvalue weighted by Gasteiger charge is -2.11. The van der Waals surface area contributed by atoms with Crippen LogP contribution in [0.3, 0.4) is 0 Å². The van der Waals surface area contributed by atoms with Gasteiger partial charge < -0.3 is 15.2 Å². The number of rotatable bonds is 9. The molecule has 12 heteroatoms. The predicted octanol–water partition coefficient (Wildman–Crippen LogP) is 3.79. The van der Waals surface area contributed by atoms with Crippen molar-refractivity contribution in [2.75, 3.05) is 11.9 Å². The van der Waals surface area contributed by atoms with E-state index in [0.29, 0.717) is 28.1 Å². The molecule has 1 atom stereocenters. The van der Waals surface area contributed by atoms with Crippen molar-refractivity contribution in [2.24, 2.45) is 0 Å². The highest BCUT2D eigenvalue weighted by Gasteiger charge is 2.18. The molecule has 0 radical (unpaired) electrons. The Balaban J connectivity index is 1.36. The number of H-pyrrole nitrogens is 1. The minimum absolute atomic E-state index is 0.0936. The van der Waals surface area contributed by atoms with Crippen molar-refractivity contribution in [2.45, 2.75) is 19.4 Å². The number of aromatic amines is 1. The monoisotopic (exact) mass is 532 g/mol. The second-order valence-electron chi connectivity index (χ2n) is 8.74. The van der Waals surface area contributed by atoms with Gasteiger partial charge in [0.1, 0.15) is 17.0 Å². The fourth-order valence-electron chi connectivity index (χ4n) is 3.91. The van der Waals surface area contributed by atoms with E-state index in [1.165, 1.54) is 54.9 Å². The molecule has 5 aromatic rings. The van der Waals surface area contributed by atoms with Crippen molar-refractivity contribution >= 4 is 22.6 Å². The molecule has 0 saturated heterocycles. The van der Waals surface area contributed by atoms with Gasteiger partial charge in [0.05, 0.1) is 17.4 Å². The quantitative estimate of drug-likeness (QED) is 0.244. The van der Waals surface area contributed by atoms with Crippen LogP contribution in [-0.2, 0) is 6.42 Å². The van der Waals surface area contributed by atoms with Gasteiger partial charge in [-0.15, -0.1) is 0 Å². The molecule has 2 aromatic carbocycles. The Kier molecular flexibility index (Phi) is 7.10. The lowest BCUT2D eigenvalue weighted by Crippen LogP contribution is -2.27. The first-order valence-corrected chi connectivity index (χ1v) is 11.9. The minimum atomic E-state index is -0.717. The van der Waals surface area contributed by atoms with Gasteiger partial charge >= 0.3 is 0 Å². The van der Waals surface area contributed by atoms with Crippen LogP contribution in [0.15, 0.2) is 71.8 Å². The topological polar surface area (TPSA) is 135 Å². The zero-order chi connectivity index (χ0) is 27.5. The van der Waals surface area contributed by atoms with Crippen molar-refractivity contribution in [1.82, 2.24) is 25.0 Å². The molecule has 0 amide bonds. The molecule has 0 spiro atoms. The maximum Gasteiger partial charge on any atom is 0.282 e. The van der Waals surface area contributed by atoms with Crippen LogP contribution >= 0.6 is 0 Å². The number of Topliss-reactive ketones (excluding diaryl/α,β-unsaturated/α-hetero) is 1. The third-order valence-corrected chi connectivity index (χ3v) is 5.79. The Labute approximate surface area is 219 Å². The average Bonchev–Trinajstić information content (AvgIpc) is 3.34. The average molecular weight is 533 g/mol. The molecule has 3 heterocycles. The fraction of sp³-hybridized carbons (Fsp3) is 0.148. The van der Waals surface area contributed by atoms with E-state index in [1.54, 1.807) is 13.0 Å². The van der Waals surface area contributed by atoms with Gasteiger partial charge in [0.2, 0.25) is 0 Å². The SMILES string of the molecule is C[C@H](O)CNc1n[nH]c2nccc(Oc3ccc(CC(=O)c4ccnn(-c5ccc(F)cc5)c4=O)cc3F)c12. The number of ether oxygens (including phenoxy) is 1. The van der Waals surface area contributed by atoms with E-state index in [2.05, 4.69) is 25.6 Å². The van der Waals surface area contributed by atoms with E-state index in [-0.39, 0.29) is 30.0 Å². The van der Waals surface area contributed by atoms with Gasteiger partial charge in [-0.25, -0.2) is 13.8 Å². The van der Waals surface area contributed by atoms with Crippen molar-refractivity contribution in [3.8, 4) is 17.2 Å². The Morgan fingerprint density at radius 2 is 1.90 bits per heavy atom. The lowest BCUT2D eigenvalue weighted by atomic mass is 10.0. The molecular weight excluding hydrogens is 510 g/mol. The highest BCUT2D eigenvalue weighted by atomic mass is 19.1. The predicted molar refractivity (Wildman–Crippen MR) is 138 cm³/mol. The molecule has 0 unspecified atom stereocenters. The first-order chi connectivity index (χ1) is 18.8. The van der Waals surface area contributed by atoms with Gasteiger partial charge in [0.25, 0.3) is 5.56 Å². The fourth-order valence-corrected chi connectivity index (χ4v) is 3.91. The number of aliphatic hydroxyl groups is 1. The highest BCUT2D eigenvalue weighted by Crippen LogP contribution is 2.34. The van der Waals surface area contributed by atoms with Crippen LogP contribution in [0.1, 0.15) is 22.8 Å². The molecule has 0 aliphatic rings. The summed E-state index contributed by atoms with van der Waals surface area (Å²) in [5.41, 5.74) is 0.238. The number of nitrogens with one attached hydrogen (secondary N) is 2. The number of pyridine rings is 1. The largest absolute Gasteiger partial charge is 0.453 e. The number of benzene rings is 2. The molecule has 198 valence electrons. The zero-order valence-corrected chi connectivity index (χ0v) is 20.6. The number of hydrogen-bond donors (Lipinski definition) is 3. The Morgan fingerprint density at radius 3 is 2.64 bits per heavy atom. The molecule has 3 aromatic heterocycles. The third-order valence-electron chi connectivity index (χ3n) is 5.79. The second-order valence-corrected chi connectivity index (χ2v) is 8.74. The first-order valence-electron chi connectivity index (χ1n) is 11.9. The van der Waals surface area contributed by atoms with Gasteiger partial charge in [0.15, 0.2) is 28.8 Å². The number of anilines is 1. The molecule has 5 rings (SSSR count).